The van der Waals surface area contributed by atoms with E-state index in [0.29, 0.717) is 12.0 Å². The van der Waals surface area contributed by atoms with Crippen molar-refractivity contribution in [1.82, 2.24) is 5.32 Å². The van der Waals surface area contributed by atoms with Gasteiger partial charge in [-0.2, -0.15) is 0 Å². The van der Waals surface area contributed by atoms with Crippen LogP contribution in [0.15, 0.2) is 18.2 Å². The maximum Gasteiger partial charge on any atom is 0.0291 e. The van der Waals surface area contributed by atoms with Gasteiger partial charge in [0.2, 0.25) is 0 Å². The molecule has 1 rings (SSSR count). The number of nitrogens with one attached hydrogen (secondary N) is 1. The lowest BCUT2D eigenvalue weighted by Crippen LogP contribution is -2.13. The van der Waals surface area contributed by atoms with Gasteiger partial charge in [-0.05, 0) is 43.5 Å². The first-order valence-corrected chi connectivity index (χ1v) is 5.34. The zero-order chi connectivity index (χ0) is 10.7. The highest BCUT2D eigenvalue weighted by molar-refractivity contribution is 5.34. The monoisotopic (exact) mass is 191 g/mol. The number of rotatable bonds is 3. The van der Waals surface area contributed by atoms with Crippen LogP contribution in [0.5, 0.6) is 0 Å². The van der Waals surface area contributed by atoms with Gasteiger partial charge in [0.15, 0.2) is 0 Å². The zero-order valence-corrected chi connectivity index (χ0v) is 9.89. The quantitative estimate of drug-likeness (QED) is 0.772. The summed E-state index contributed by atoms with van der Waals surface area (Å²) >= 11 is 0. The van der Waals surface area contributed by atoms with Crippen LogP contribution in [-0.4, -0.2) is 7.05 Å². The van der Waals surface area contributed by atoms with Gasteiger partial charge in [0.25, 0.3) is 0 Å². The Labute approximate surface area is 87.5 Å². The van der Waals surface area contributed by atoms with Crippen LogP contribution in [-0.2, 0) is 0 Å². The molecule has 0 aliphatic rings. The van der Waals surface area contributed by atoms with E-state index >= 15 is 0 Å². The predicted molar refractivity (Wildman–Crippen MR) is 62.7 cm³/mol. The van der Waals surface area contributed by atoms with Gasteiger partial charge in [-0.25, -0.2) is 0 Å². The fourth-order valence-electron chi connectivity index (χ4n) is 1.64. The predicted octanol–water partition coefficient (Wildman–Crippen LogP) is 3.40. The first kappa shape index (κ1) is 11.3. The summed E-state index contributed by atoms with van der Waals surface area (Å²) in [7, 11) is 2.01. The summed E-state index contributed by atoms with van der Waals surface area (Å²) in [5.41, 5.74) is 4.21. The van der Waals surface area contributed by atoms with Crippen LogP contribution in [0.3, 0.4) is 0 Å². The summed E-state index contributed by atoms with van der Waals surface area (Å²) < 4.78 is 0. The lowest BCUT2D eigenvalue weighted by atomic mass is 9.95. The number of hydrogen-bond acceptors (Lipinski definition) is 1. The molecule has 0 radical (unpaired) electrons. The van der Waals surface area contributed by atoms with Crippen molar-refractivity contribution in [1.29, 1.82) is 0 Å². The van der Waals surface area contributed by atoms with Crippen molar-refractivity contribution in [3.63, 3.8) is 0 Å². The molecule has 14 heavy (non-hydrogen) atoms. The smallest absolute Gasteiger partial charge is 0.0291 e. The molecule has 0 saturated carbocycles. The van der Waals surface area contributed by atoms with E-state index < -0.39 is 0 Å². The minimum absolute atomic E-state index is 0.439. The van der Waals surface area contributed by atoms with E-state index in [1.807, 2.05) is 7.05 Å². The van der Waals surface area contributed by atoms with Gasteiger partial charge in [-0.3, -0.25) is 0 Å². The Morgan fingerprint density at radius 1 is 1.14 bits per heavy atom. The Kier molecular flexibility index (Phi) is 3.70. The van der Waals surface area contributed by atoms with E-state index in [1.54, 1.807) is 0 Å². The van der Waals surface area contributed by atoms with E-state index in [2.05, 4.69) is 51.2 Å². The van der Waals surface area contributed by atoms with Crippen molar-refractivity contribution >= 4 is 0 Å². The van der Waals surface area contributed by atoms with Crippen LogP contribution < -0.4 is 5.32 Å². The Morgan fingerprint density at radius 3 is 2.29 bits per heavy atom. The summed E-state index contributed by atoms with van der Waals surface area (Å²) in [6.45, 7) is 8.84. The van der Waals surface area contributed by atoms with E-state index in [0.717, 1.165) is 0 Å². The fourth-order valence-corrected chi connectivity index (χ4v) is 1.64. The van der Waals surface area contributed by atoms with Gasteiger partial charge in [0.05, 0.1) is 0 Å². The molecule has 1 aromatic rings. The molecule has 0 amide bonds. The highest BCUT2D eigenvalue weighted by atomic mass is 14.9. The van der Waals surface area contributed by atoms with Crippen molar-refractivity contribution in [2.75, 3.05) is 7.05 Å². The first-order chi connectivity index (χ1) is 6.56. The van der Waals surface area contributed by atoms with Crippen molar-refractivity contribution in [3.05, 3.63) is 34.9 Å². The van der Waals surface area contributed by atoms with Crippen LogP contribution in [0, 0.1) is 6.92 Å². The summed E-state index contributed by atoms with van der Waals surface area (Å²) in [5, 5.41) is 3.29. The fraction of sp³-hybridized carbons (Fsp3) is 0.538. The second-order valence-corrected chi connectivity index (χ2v) is 4.28. The van der Waals surface area contributed by atoms with Crippen molar-refractivity contribution in [2.45, 2.75) is 39.7 Å². The third-order valence-corrected chi connectivity index (χ3v) is 2.87. The third-order valence-electron chi connectivity index (χ3n) is 2.87. The number of aryl methyl sites for hydroxylation is 1. The summed E-state index contributed by atoms with van der Waals surface area (Å²) in [6.07, 6.45) is 0. The van der Waals surface area contributed by atoms with Crippen LogP contribution in [0.1, 0.15) is 49.4 Å². The molecule has 0 bridgehead atoms. The summed E-state index contributed by atoms with van der Waals surface area (Å²) in [5.74, 6) is 0.610. The van der Waals surface area contributed by atoms with Crippen LogP contribution in [0.25, 0.3) is 0 Å². The van der Waals surface area contributed by atoms with Crippen molar-refractivity contribution in [2.24, 2.45) is 0 Å². The molecule has 0 fully saturated rings. The highest BCUT2D eigenvalue weighted by Gasteiger charge is 2.08. The third kappa shape index (κ3) is 2.36. The summed E-state index contributed by atoms with van der Waals surface area (Å²) in [6, 6.07) is 7.21. The topological polar surface area (TPSA) is 12.0 Å². The minimum Gasteiger partial charge on any atom is -0.313 e. The molecule has 0 spiro atoms. The lowest BCUT2D eigenvalue weighted by Gasteiger charge is -2.16. The van der Waals surface area contributed by atoms with E-state index in [-0.39, 0.29) is 0 Å². The summed E-state index contributed by atoms with van der Waals surface area (Å²) in [4.78, 5) is 0. The Bertz CT molecular complexity index is 302. The Hall–Kier alpha value is -0.820. The molecule has 0 aliphatic heterocycles. The number of hydrogen-bond donors (Lipinski definition) is 1. The second-order valence-electron chi connectivity index (χ2n) is 4.28. The molecule has 0 heterocycles. The number of benzene rings is 1. The molecule has 1 unspecified atom stereocenters. The molecule has 1 nitrogen and oxygen atoms in total. The van der Waals surface area contributed by atoms with Crippen LogP contribution >= 0.6 is 0 Å². The van der Waals surface area contributed by atoms with Crippen LogP contribution in [0.2, 0.25) is 0 Å². The molecular weight excluding hydrogens is 170 g/mol. The normalized spacial score (nSPS) is 13.3. The Balaban J connectivity index is 3.08. The average molecular weight is 191 g/mol. The largest absolute Gasteiger partial charge is 0.313 e. The van der Waals surface area contributed by atoms with Crippen molar-refractivity contribution < 1.29 is 0 Å². The minimum atomic E-state index is 0.439. The van der Waals surface area contributed by atoms with E-state index in [9.17, 15) is 0 Å². The standard InChI is InChI=1S/C13H21N/c1-9(2)12-7-6-10(3)13(8-12)11(4)14-5/h6-9,11,14H,1-5H3. The molecule has 0 aliphatic carbocycles. The maximum absolute atomic E-state index is 3.29. The van der Waals surface area contributed by atoms with E-state index in [4.69, 9.17) is 0 Å². The van der Waals surface area contributed by atoms with Crippen LogP contribution in [0.4, 0.5) is 0 Å². The molecular formula is C13H21N. The molecule has 1 aromatic carbocycles. The van der Waals surface area contributed by atoms with Gasteiger partial charge in [-0.15, -0.1) is 0 Å². The molecule has 0 saturated heterocycles. The second kappa shape index (κ2) is 4.61. The first-order valence-electron chi connectivity index (χ1n) is 5.34. The molecule has 1 atom stereocenters. The highest BCUT2D eigenvalue weighted by Crippen LogP contribution is 2.22. The molecule has 78 valence electrons. The van der Waals surface area contributed by atoms with Crippen molar-refractivity contribution in [3.8, 4) is 0 Å². The van der Waals surface area contributed by atoms with Gasteiger partial charge in [0.1, 0.15) is 0 Å². The zero-order valence-electron chi connectivity index (χ0n) is 9.89. The average Bonchev–Trinajstić information content (AvgIpc) is 2.17. The molecule has 0 aromatic heterocycles. The molecule has 1 N–H and O–H groups in total. The van der Waals surface area contributed by atoms with Gasteiger partial charge < -0.3 is 5.32 Å². The Morgan fingerprint density at radius 2 is 1.79 bits per heavy atom. The van der Waals surface area contributed by atoms with Gasteiger partial charge in [0, 0.05) is 6.04 Å². The van der Waals surface area contributed by atoms with Gasteiger partial charge >= 0.3 is 0 Å². The molecule has 1 heteroatoms. The van der Waals surface area contributed by atoms with E-state index in [1.165, 1.54) is 16.7 Å². The van der Waals surface area contributed by atoms with Gasteiger partial charge in [-0.1, -0.05) is 32.0 Å². The maximum atomic E-state index is 3.29. The SMILES string of the molecule is CNC(C)c1cc(C(C)C)ccc1C. The lowest BCUT2D eigenvalue weighted by molar-refractivity contribution is 0.646.